The van der Waals surface area contributed by atoms with Gasteiger partial charge in [0.2, 0.25) is 11.7 Å². The zero-order valence-corrected chi connectivity index (χ0v) is 16.1. The number of aryl methyl sites for hydroxylation is 1. The monoisotopic (exact) mass is 378 g/mol. The maximum Gasteiger partial charge on any atom is 0.234 e. The first-order valence-corrected chi connectivity index (χ1v) is 9.20. The van der Waals surface area contributed by atoms with Gasteiger partial charge in [-0.3, -0.25) is 4.79 Å². The number of carbonyl (C=O) groups is 1. The quantitative estimate of drug-likeness (QED) is 0.707. The number of nitrogens with zero attached hydrogens (tertiary/aromatic N) is 3. The Morgan fingerprint density at radius 2 is 1.85 bits per heavy atom. The van der Waals surface area contributed by atoms with Crippen LogP contribution in [-0.4, -0.2) is 47.8 Å². The highest BCUT2D eigenvalue weighted by Gasteiger charge is 2.28. The van der Waals surface area contributed by atoms with Crippen molar-refractivity contribution in [3.8, 4) is 17.2 Å². The molecule has 1 aliphatic rings. The number of anilines is 1. The summed E-state index contributed by atoms with van der Waals surface area (Å²) in [6.45, 7) is 1.94. The van der Waals surface area contributed by atoms with Crippen LogP contribution >= 0.6 is 11.8 Å². The molecule has 1 aromatic carbocycles. The highest BCUT2D eigenvalue weighted by atomic mass is 32.2. The first-order valence-electron chi connectivity index (χ1n) is 8.21. The van der Waals surface area contributed by atoms with Crippen LogP contribution < -0.4 is 19.5 Å². The number of hydrogen-bond donors (Lipinski definition) is 1. The topological polar surface area (TPSA) is 87.5 Å². The van der Waals surface area contributed by atoms with Crippen LogP contribution in [0.15, 0.2) is 17.3 Å². The van der Waals surface area contributed by atoms with E-state index in [1.165, 1.54) is 33.1 Å². The fourth-order valence-corrected chi connectivity index (χ4v) is 3.53. The molecule has 1 N–H and O–H groups in total. The number of amides is 1. The van der Waals surface area contributed by atoms with Gasteiger partial charge in [-0.05, 0) is 19.8 Å². The van der Waals surface area contributed by atoms with Crippen LogP contribution in [0, 0.1) is 6.92 Å². The Balaban J connectivity index is 1.67. The fourth-order valence-electron chi connectivity index (χ4n) is 2.68. The Hall–Kier alpha value is -2.42. The summed E-state index contributed by atoms with van der Waals surface area (Å²) < 4.78 is 18.0. The summed E-state index contributed by atoms with van der Waals surface area (Å²) in [6, 6.07) is 3.87. The highest BCUT2D eigenvalue weighted by molar-refractivity contribution is 7.99. The van der Waals surface area contributed by atoms with Crippen molar-refractivity contribution in [3.63, 3.8) is 0 Å². The smallest absolute Gasteiger partial charge is 0.234 e. The number of thioether (sulfide) groups is 1. The van der Waals surface area contributed by atoms with E-state index >= 15 is 0 Å². The Labute approximate surface area is 156 Å². The maximum atomic E-state index is 12.3. The normalized spacial score (nSPS) is 13.4. The third-order valence-electron chi connectivity index (χ3n) is 4.03. The van der Waals surface area contributed by atoms with Crippen molar-refractivity contribution in [1.29, 1.82) is 0 Å². The zero-order chi connectivity index (χ0) is 18.7. The second kappa shape index (κ2) is 7.86. The Kier molecular flexibility index (Phi) is 5.55. The van der Waals surface area contributed by atoms with E-state index in [4.69, 9.17) is 14.2 Å². The van der Waals surface area contributed by atoms with E-state index in [0.717, 1.165) is 23.8 Å². The van der Waals surface area contributed by atoms with Crippen molar-refractivity contribution in [1.82, 2.24) is 14.8 Å². The van der Waals surface area contributed by atoms with Gasteiger partial charge in [-0.15, -0.1) is 10.2 Å². The Morgan fingerprint density at radius 1 is 1.19 bits per heavy atom. The lowest BCUT2D eigenvalue weighted by Crippen LogP contribution is -2.15. The van der Waals surface area contributed by atoms with Crippen LogP contribution in [0.2, 0.25) is 0 Å². The molecule has 3 rings (SSSR count). The lowest BCUT2D eigenvalue weighted by molar-refractivity contribution is -0.113. The van der Waals surface area contributed by atoms with Crippen LogP contribution in [0.4, 0.5) is 5.69 Å². The van der Waals surface area contributed by atoms with E-state index in [-0.39, 0.29) is 11.7 Å². The minimum Gasteiger partial charge on any atom is -0.493 e. The molecule has 0 radical (unpaired) electrons. The molecule has 1 fully saturated rings. The predicted molar refractivity (Wildman–Crippen MR) is 98.5 cm³/mol. The van der Waals surface area contributed by atoms with Gasteiger partial charge in [0.25, 0.3) is 0 Å². The number of nitrogens with one attached hydrogen (secondary N) is 1. The van der Waals surface area contributed by atoms with Gasteiger partial charge in [-0.2, -0.15) is 0 Å². The Bertz CT molecular complexity index is 779. The number of ether oxygens (including phenoxy) is 3. The van der Waals surface area contributed by atoms with Gasteiger partial charge < -0.3 is 24.1 Å². The van der Waals surface area contributed by atoms with E-state index < -0.39 is 0 Å². The van der Waals surface area contributed by atoms with Gasteiger partial charge >= 0.3 is 0 Å². The molecular weight excluding hydrogens is 356 g/mol. The van der Waals surface area contributed by atoms with E-state index in [1.807, 2.05) is 6.92 Å². The molecule has 0 aliphatic heterocycles. The van der Waals surface area contributed by atoms with Crippen LogP contribution in [0.25, 0.3) is 0 Å². The second-order valence-corrected chi connectivity index (χ2v) is 6.82. The third-order valence-corrected chi connectivity index (χ3v) is 4.97. The molecule has 0 saturated heterocycles. The predicted octanol–water partition coefficient (Wildman–Crippen LogP) is 2.68. The number of benzene rings is 1. The molecule has 1 aromatic heterocycles. The Morgan fingerprint density at radius 3 is 2.38 bits per heavy atom. The highest BCUT2D eigenvalue weighted by Crippen LogP contribution is 2.40. The van der Waals surface area contributed by atoms with Crippen molar-refractivity contribution in [3.05, 3.63) is 18.0 Å². The average Bonchev–Trinajstić information content (AvgIpc) is 3.41. The summed E-state index contributed by atoms with van der Waals surface area (Å²) in [5.74, 6) is 2.43. The molecule has 2 aromatic rings. The first-order chi connectivity index (χ1) is 12.6. The molecule has 1 heterocycles. The summed E-state index contributed by atoms with van der Waals surface area (Å²) in [5.41, 5.74) is 0.574. The zero-order valence-electron chi connectivity index (χ0n) is 15.2. The number of methoxy groups -OCH3 is 3. The van der Waals surface area contributed by atoms with Crippen LogP contribution in [-0.2, 0) is 4.79 Å². The molecular formula is C17H22N4O4S. The third kappa shape index (κ3) is 3.87. The van der Waals surface area contributed by atoms with Crippen LogP contribution in [0.1, 0.15) is 24.7 Å². The molecule has 0 spiro atoms. The van der Waals surface area contributed by atoms with Crippen LogP contribution in [0.5, 0.6) is 17.2 Å². The summed E-state index contributed by atoms with van der Waals surface area (Å²) >= 11 is 1.38. The van der Waals surface area contributed by atoms with Crippen molar-refractivity contribution < 1.29 is 19.0 Å². The average molecular weight is 378 g/mol. The summed E-state index contributed by atoms with van der Waals surface area (Å²) in [4.78, 5) is 12.3. The molecule has 0 bridgehead atoms. The minimum atomic E-state index is -0.146. The number of carbonyl (C=O) groups excluding carboxylic acids is 1. The molecule has 1 amide bonds. The fraction of sp³-hybridized carbons (Fsp3) is 0.471. The lowest BCUT2D eigenvalue weighted by atomic mass is 10.2. The second-order valence-electron chi connectivity index (χ2n) is 5.88. The molecule has 9 heteroatoms. The van der Waals surface area contributed by atoms with Gasteiger partial charge in [0.05, 0.1) is 27.1 Å². The molecule has 140 valence electrons. The van der Waals surface area contributed by atoms with Gasteiger partial charge in [0.15, 0.2) is 16.7 Å². The standard InChI is InChI=1S/C17H22N4O4S/c1-10-19-20-17(21(10)12-5-6-12)26-9-15(22)18-11-7-13(23-2)16(25-4)14(8-11)24-3/h7-8,12H,5-6,9H2,1-4H3,(H,18,22). The van der Waals surface area contributed by atoms with E-state index in [0.29, 0.717) is 29.0 Å². The van der Waals surface area contributed by atoms with Gasteiger partial charge in [-0.1, -0.05) is 11.8 Å². The lowest BCUT2D eigenvalue weighted by Gasteiger charge is -2.14. The van der Waals surface area contributed by atoms with Crippen molar-refractivity contribution >= 4 is 23.4 Å². The minimum absolute atomic E-state index is 0.146. The molecule has 8 nitrogen and oxygen atoms in total. The number of rotatable bonds is 8. The van der Waals surface area contributed by atoms with E-state index in [1.54, 1.807) is 12.1 Å². The van der Waals surface area contributed by atoms with Crippen molar-refractivity contribution in [2.24, 2.45) is 0 Å². The summed E-state index contributed by atoms with van der Waals surface area (Å²) in [5, 5.41) is 11.9. The number of aromatic nitrogens is 3. The van der Waals surface area contributed by atoms with Crippen LogP contribution in [0.3, 0.4) is 0 Å². The van der Waals surface area contributed by atoms with E-state index in [2.05, 4.69) is 20.1 Å². The summed E-state index contributed by atoms with van der Waals surface area (Å²) in [6.07, 6.45) is 2.29. The molecule has 0 unspecified atom stereocenters. The number of hydrogen-bond acceptors (Lipinski definition) is 7. The van der Waals surface area contributed by atoms with Gasteiger partial charge in [0, 0.05) is 23.9 Å². The molecule has 1 saturated carbocycles. The van der Waals surface area contributed by atoms with E-state index in [9.17, 15) is 4.79 Å². The molecule has 0 atom stereocenters. The van der Waals surface area contributed by atoms with Crippen molar-refractivity contribution in [2.45, 2.75) is 31.0 Å². The molecule has 26 heavy (non-hydrogen) atoms. The van der Waals surface area contributed by atoms with Gasteiger partial charge in [0.1, 0.15) is 5.82 Å². The summed E-state index contributed by atoms with van der Waals surface area (Å²) in [7, 11) is 4.60. The maximum absolute atomic E-state index is 12.3. The largest absolute Gasteiger partial charge is 0.493 e. The van der Waals surface area contributed by atoms with Crippen molar-refractivity contribution in [2.75, 3.05) is 32.4 Å². The first kappa shape index (κ1) is 18.4. The SMILES string of the molecule is COc1cc(NC(=O)CSc2nnc(C)n2C2CC2)cc(OC)c1OC. The van der Waals surface area contributed by atoms with Gasteiger partial charge in [-0.25, -0.2) is 0 Å². The molecule has 1 aliphatic carbocycles.